The van der Waals surface area contributed by atoms with Crippen molar-refractivity contribution in [2.45, 2.75) is 12.2 Å². The Labute approximate surface area is 140 Å². The lowest BCUT2D eigenvalue weighted by Crippen LogP contribution is -2.18. The van der Waals surface area contributed by atoms with Crippen molar-refractivity contribution in [2.75, 3.05) is 11.1 Å². The first-order chi connectivity index (χ1) is 11.4. The van der Waals surface area contributed by atoms with E-state index < -0.39 is 21.7 Å². The summed E-state index contributed by atoms with van der Waals surface area (Å²) in [6.45, 7) is 0. The topological polar surface area (TPSA) is 106 Å². The predicted octanol–water partition coefficient (Wildman–Crippen LogP) is 1.73. The van der Waals surface area contributed by atoms with Gasteiger partial charge in [0.15, 0.2) is 9.84 Å². The van der Waals surface area contributed by atoms with E-state index in [2.05, 4.69) is 5.32 Å². The first-order valence-electron chi connectivity index (χ1n) is 7.30. The van der Waals surface area contributed by atoms with Gasteiger partial charge in [-0.1, -0.05) is 30.3 Å². The Bertz CT molecular complexity index is 815. The van der Waals surface area contributed by atoms with Crippen molar-refractivity contribution in [3.63, 3.8) is 0 Å². The zero-order chi connectivity index (χ0) is 17.6. The van der Waals surface area contributed by atoms with Crippen LogP contribution in [0, 0.1) is 0 Å². The Morgan fingerprint density at radius 1 is 0.958 bits per heavy atom. The molecule has 0 saturated carbocycles. The quantitative estimate of drug-likeness (QED) is 0.796. The fourth-order valence-corrected chi connectivity index (χ4v) is 3.43. The summed E-state index contributed by atoms with van der Waals surface area (Å²) < 4.78 is 24.1. The molecule has 2 amide bonds. The number of anilines is 1. The number of nitrogens with one attached hydrogen (secondary N) is 1. The second kappa shape index (κ2) is 7.74. The molecule has 0 aliphatic heterocycles. The van der Waals surface area contributed by atoms with E-state index in [1.54, 1.807) is 24.3 Å². The van der Waals surface area contributed by atoms with Crippen LogP contribution >= 0.6 is 0 Å². The minimum absolute atomic E-state index is 0.0889. The van der Waals surface area contributed by atoms with Crippen molar-refractivity contribution in [1.29, 1.82) is 0 Å². The average Bonchev–Trinajstić information content (AvgIpc) is 2.54. The summed E-state index contributed by atoms with van der Waals surface area (Å²) in [7, 11) is -3.36. The van der Waals surface area contributed by atoms with Gasteiger partial charge in [0.05, 0.1) is 11.5 Å². The maximum Gasteiger partial charge on any atom is 0.248 e. The summed E-state index contributed by atoms with van der Waals surface area (Å²) in [6, 6.07) is 14.9. The zero-order valence-corrected chi connectivity index (χ0v) is 13.8. The second-order valence-electron chi connectivity index (χ2n) is 5.32. The lowest BCUT2D eigenvalue weighted by atomic mass is 10.2. The van der Waals surface area contributed by atoms with E-state index >= 15 is 0 Å². The summed E-state index contributed by atoms with van der Waals surface area (Å²) in [5, 5.41) is 2.59. The van der Waals surface area contributed by atoms with Crippen molar-refractivity contribution in [3.8, 4) is 0 Å². The highest BCUT2D eigenvalue weighted by Gasteiger charge is 2.14. The first kappa shape index (κ1) is 17.7. The molecule has 0 radical (unpaired) electrons. The molecule has 0 unspecified atom stereocenters. The molecule has 0 aliphatic carbocycles. The molecule has 2 rings (SSSR count). The lowest BCUT2D eigenvalue weighted by molar-refractivity contribution is -0.115. The van der Waals surface area contributed by atoms with E-state index in [0.29, 0.717) is 16.8 Å². The summed E-state index contributed by atoms with van der Waals surface area (Å²) in [4.78, 5) is 22.8. The van der Waals surface area contributed by atoms with Crippen molar-refractivity contribution in [3.05, 3.63) is 65.7 Å². The summed E-state index contributed by atoms with van der Waals surface area (Å²) in [5.41, 5.74) is 6.63. The number of sulfone groups is 1. The van der Waals surface area contributed by atoms with Crippen LogP contribution in [0.4, 0.5) is 5.69 Å². The van der Waals surface area contributed by atoms with Crippen molar-refractivity contribution < 1.29 is 18.0 Å². The van der Waals surface area contributed by atoms with Gasteiger partial charge < -0.3 is 11.1 Å². The monoisotopic (exact) mass is 346 g/mol. The number of primary amides is 1. The van der Waals surface area contributed by atoms with Gasteiger partial charge in [0.2, 0.25) is 11.8 Å². The SMILES string of the molecule is NC(=O)c1ccc(NC(=O)CCS(=O)(=O)Cc2ccccc2)cc1. The predicted molar refractivity (Wildman–Crippen MR) is 92.1 cm³/mol. The third-order valence-corrected chi connectivity index (χ3v) is 4.92. The molecular formula is C17H18N2O4S. The molecule has 24 heavy (non-hydrogen) atoms. The smallest absolute Gasteiger partial charge is 0.248 e. The fraction of sp³-hybridized carbons (Fsp3) is 0.176. The van der Waals surface area contributed by atoms with Gasteiger partial charge in [0.25, 0.3) is 0 Å². The van der Waals surface area contributed by atoms with Gasteiger partial charge in [-0.3, -0.25) is 9.59 Å². The number of nitrogens with two attached hydrogens (primary N) is 1. The van der Waals surface area contributed by atoms with Gasteiger partial charge >= 0.3 is 0 Å². The molecule has 0 spiro atoms. The standard InChI is InChI=1S/C17H18N2O4S/c18-17(21)14-6-8-15(9-7-14)19-16(20)10-11-24(22,23)12-13-4-2-1-3-5-13/h1-9H,10-12H2,(H2,18,21)(H,19,20). The zero-order valence-electron chi connectivity index (χ0n) is 12.9. The normalized spacial score (nSPS) is 11.0. The molecule has 0 bridgehead atoms. The molecule has 6 nitrogen and oxygen atoms in total. The van der Waals surface area contributed by atoms with Crippen LogP contribution in [0.3, 0.4) is 0 Å². The third-order valence-electron chi connectivity index (χ3n) is 3.32. The molecule has 126 valence electrons. The molecule has 3 N–H and O–H groups in total. The van der Waals surface area contributed by atoms with Crippen LogP contribution in [0.25, 0.3) is 0 Å². The highest BCUT2D eigenvalue weighted by atomic mass is 32.2. The maximum atomic E-state index is 12.0. The number of hydrogen-bond acceptors (Lipinski definition) is 4. The van der Waals surface area contributed by atoms with Gasteiger partial charge in [0, 0.05) is 17.7 Å². The molecule has 0 aliphatic rings. The fourth-order valence-electron chi connectivity index (χ4n) is 2.09. The molecule has 7 heteroatoms. The van der Waals surface area contributed by atoms with Crippen LogP contribution in [-0.2, 0) is 20.4 Å². The second-order valence-corrected chi connectivity index (χ2v) is 7.50. The van der Waals surface area contributed by atoms with E-state index in [9.17, 15) is 18.0 Å². The molecule has 0 saturated heterocycles. The van der Waals surface area contributed by atoms with E-state index in [4.69, 9.17) is 5.73 Å². The first-order valence-corrected chi connectivity index (χ1v) is 9.12. The molecular weight excluding hydrogens is 328 g/mol. The Balaban J connectivity index is 1.87. The van der Waals surface area contributed by atoms with E-state index in [1.807, 2.05) is 6.07 Å². The minimum Gasteiger partial charge on any atom is -0.366 e. The van der Waals surface area contributed by atoms with Gasteiger partial charge in [0.1, 0.15) is 0 Å². The number of amides is 2. The summed E-state index contributed by atoms with van der Waals surface area (Å²) >= 11 is 0. The molecule has 0 fully saturated rings. The average molecular weight is 346 g/mol. The van der Waals surface area contributed by atoms with Gasteiger partial charge in [-0.05, 0) is 29.8 Å². The Hall–Kier alpha value is -2.67. The number of carbonyl (C=O) groups is 2. The largest absolute Gasteiger partial charge is 0.366 e. The van der Waals surface area contributed by atoms with Crippen LogP contribution in [-0.4, -0.2) is 26.0 Å². The number of carbonyl (C=O) groups excluding carboxylic acids is 2. The Kier molecular flexibility index (Phi) is 5.70. The molecule has 0 atom stereocenters. The molecule has 0 aromatic heterocycles. The summed E-state index contributed by atoms with van der Waals surface area (Å²) in [5.74, 6) is -1.28. The van der Waals surface area contributed by atoms with Crippen molar-refractivity contribution in [1.82, 2.24) is 0 Å². The Morgan fingerprint density at radius 3 is 2.17 bits per heavy atom. The highest BCUT2D eigenvalue weighted by Crippen LogP contribution is 2.11. The van der Waals surface area contributed by atoms with Crippen molar-refractivity contribution >= 4 is 27.3 Å². The van der Waals surface area contributed by atoms with Gasteiger partial charge in [-0.15, -0.1) is 0 Å². The van der Waals surface area contributed by atoms with Gasteiger partial charge in [-0.2, -0.15) is 0 Å². The highest BCUT2D eigenvalue weighted by molar-refractivity contribution is 7.90. The maximum absolute atomic E-state index is 12.0. The van der Waals surface area contributed by atoms with E-state index in [-0.39, 0.29) is 17.9 Å². The van der Waals surface area contributed by atoms with E-state index in [1.165, 1.54) is 24.3 Å². The Morgan fingerprint density at radius 2 is 1.58 bits per heavy atom. The van der Waals surface area contributed by atoms with Crippen LogP contribution in [0.1, 0.15) is 22.3 Å². The van der Waals surface area contributed by atoms with Crippen LogP contribution < -0.4 is 11.1 Å². The van der Waals surface area contributed by atoms with Gasteiger partial charge in [-0.25, -0.2) is 8.42 Å². The molecule has 0 heterocycles. The summed E-state index contributed by atoms with van der Waals surface area (Å²) in [6.07, 6.45) is -0.132. The van der Waals surface area contributed by atoms with Crippen LogP contribution in [0.15, 0.2) is 54.6 Å². The van der Waals surface area contributed by atoms with Crippen LogP contribution in [0.5, 0.6) is 0 Å². The minimum atomic E-state index is -3.36. The van der Waals surface area contributed by atoms with Crippen LogP contribution in [0.2, 0.25) is 0 Å². The lowest BCUT2D eigenvalue weighted by Gasteiger charge is -2.07. The van der Waals surface area contributed by atoms with E-state index in [0.717, 1.165) is 0 Å². The molecule has 2 aromatic rings. The third kappa shape index (κ3) is 5.51. The van der Waals surface area contributed by atoms with Crippen molar-refractivity contribution in [2.24, 2.45) is 5.73 Å². The number of benzene rings is 2. The number of rotatable bonds is 7. The molecule has 2 aromatic carbocycles. The number of hydrogen-bond donors (Lipinski definition) is 2.